The average Bonchev–Trinajstić information content (AvgIpc) is 3.10. The zero-order valence-corrected chi connectivity index (χ0v) is 10.6. The monoisotopic (exact) mass is 250 g/mol. The van der Waals surface area contributed by atoms with Gasteiger partial charge in [0.2, 0.25) is 5.91 Å². The van der Waals surface area contributed by atoms with Crippen molar-refractivity contribution >= 4 is 11.6 Å². The Labute approximate surface area is 107 Å². The predicted molar refractivity (Wildman–Crippen MR) is 69.8 cm³/mol. The van der Waals surface area contributed by atoms with Gasteiger partial charge in [0.1, 0.15) is 5.82 Å². The van der Waals surface area contributed by atoms with Crippen LogP contribution in [0.25, 0.3) is 0 Å². The molecule has 1 aromatic rings. The maximum absolute atomic E-state index is 12.9. The van der Waals surface area contributed by atoms with Gasteiger partial charge < -0.3 is 10.6 Å². The van der Waals surface area contributed by atoms with Crippen molar-refractivity contribution in [2.45, 2.75) is 32.2 Å². The van der Waals surface area contributed by atoms with E-state index in [2.05, 4.69) is 17.6 Å². The first kappa shape index (κ1) is 13.0. The quantitative estimate of drug-likeness (QED) is 0.814. The van der Waals surface area contributed by atoms with Crippen LogP contribution in [0.2, 0.25) is 0 Å². The first-order valence-electron chi connectivity index (χ1n) is 6.42. The van der Waals surface area contributed by atoms with Crippen LogP contribution in [-0.2, 0) is 4.79 Å². The van der Waals surface area contributed by atoms with Gasteiger partial charge in [-0.25, -0.2) is 4.39 Å². The molecule has 0 aliphatic heterocycles. The van der Waals surface area contributed by atoms with Gasteiger partial charge in [-0.3, -0.25) is 4.79 Å². The molecule has 0 bridgehead atoms. The van der Waals surface area contributed by atoms with Crippen LogP contribution in [-0.4, -0.2) is 18.5 Å². The van der Waals surface area contributed by atoms with E-state index >= 15 is 0 Å². The fourth-order valence-corrected chi connectivity index (χ4v) is 1.98. The molecule has 2 N–H and O–H groups in total. The first-order chi connectivity index (χ1) is 8.63. The van der Waals surface area contributed by atoms with Crippen LogP contribution in [0.5, 0.6) is 0 Å². The van der Waals surface area contributed by atoms with E-state index in [9.17, 15) is 9.18 Å². The van der Waals surface area contributed by atoms with Crippen molar-refractivity contribution in [3.8, 4) is 0 Å². The third kappa shape index (κ3) is 4.45. The molecule has 1 saturated carbocycles. The van der Waals surface area contributed by atoms with Gasteiger partial charge in [-0.1, -0.05) is 18.9 Å². The summed E-state index contributed by atoms with van der Waals surface area (Å²) in [7, 11) is 0. The lowest BCUT2D eigenvalue weighted by molar-refractivity contribution is -0.115. The Hall–Kier alpha value is -1.42. The molecule has 1 aromatic carbocycles. The van der Waals surface area contributed by atoms with Crippen LogP contribution in [0.4, 0.5) is 10.1 Å². The van der Waals surface area contributed by atoms with Crippen molar-refractivity contribution in [3.63, 3.8) is 0 Å². The summed E-state index contributed by atoms with van der Waals surface area (Å²) >= 11 is 0. The molecule has 1 aliphatic rings. The second kappa shape index (κ2) is 5.96. The Kier molecular flexibility index (Phi) is 4.31. The SMILES string of the molecule is CC(CC1CC1)NCC(=O)Nc1cccc(F)c1. The number of anilines is 1. The summed E-state index contributed by atoms with van der Waals surface area (Å²) in [5.41, 5.74) is 0.497. The van der Waals surface area contributed by atoms with Crippen molar-refractivity contribution in [1.82, 2.24) is 5.32 Å². The van der Waals surface area contributed by atoms with Crippen LogP contribution in [0.1, 0.15) is 26.2 Å². The van der Waals surface area contributed by atoms with Gasteiger partial charge in [0, 0.05) is 11.7 Å². The normalized spacial score (nSPS) is 16.3. The van der Waals surface area contributed by atoms with Gasteiger partial charge in [-0.15, -0.1) is 0 Å². The van der Waals surface area contributed by atoms with Crippen LogP contribution in [0, 0.1) is 11.7 Å². The summed E-state index contributed by atoms with van der Waals surface area (Å²) < 4.78 is 12.9. The smallest absolute Gasteiger partial charge is 0.238 e. The van der Waals surface area contributed by atoms with Gasteiger partial charge in [0.15, 0.2) is 0 Å². The van der Waals surface area contributed by atoms with Crippen LogP contribution >= 0.6 is 0 Å². The molecule has 0 spiro atoms. The number of rotatable bonds is 6. The van der Waals surface area contributed by atoms with Crippen molar-refractivity contribution in [2.24, 2.45) is 5.92 Å². The lowest BCUT2D eigenvalue weighted by atomic mass is 10.1. The summed E-state index contributed by atoms with van der Waals surface area (Å²) in [6.45, 7) is 2.36. The second-order valence-corrected chi connectivity index (χ2v) is 5.02. The lowest BCUT2D eigenvalue weighted by Gasteiger charge is -2.13. The highest BCUT2D eigenvalue weighted by molar-refractivity contribution is 5.92. The number of nitrogens with one attached hydrogen (secondary N) is 2. The van der Waals surface area contributed by atoms with Crippen molar-refractivity contribution in [2.75, 3.05) is 11.9 Å². The third-order valence-corrected chi connectivity index (χ3v) is 3.10. The summed E-state index contributed by atoms with van der Waals surface area (Å²) in [6.07, 6.45) is 3.77. The number of benzene rings is 1. The van der Waals surface area contributed by atoms with Crippen LogP contribution < -0.4 is 10.6 Å². The van der Waals surface area contributed by atoms with E-state index < -0.39 is 0 Å². The van der Waals surface area contributed by atoms with Gasteiger partial charge >= 0.3 is 0 Å². The molecule has 0 heterocycles. The van der Waals surface area contributed by atoms with Crippen LogP contribution in [0.3, 0.4) is 0 Å². The van der Waals surface area contributed by atoms with E-state index in [1.54, 1.807) is 12.1 Å². The standard InChI is InChI=1S/C14H19FN2O/c1-10(7-11-5-6-11)16-9-14(18)17-13-4-2-3-12(15)8-13/h2-4,8,10-11,16H,5-7,9H2,1H3,(H,17,18). The molecule has 1 fully saturated rings. The van der Waals surface area contributed by atoms with E-state index in [0.29, 0.717) is 11.7 Å². The molecule has 0 aromatic heterocycles. The van der Waals surface area contributed by atoms with Gasteiger partial charge in [-0.2, -0.15) is 0 Å². The van der Waals surface area contributed by atoms with E-state index in [-0.39, 0.29) is 18.3 Å². The van der Waals surface area contributed by atoms with Crippen molar-refractivity contribution < 1.29 is 9.18 Å². The third-order valence-electron chi connectivity index (χ3n) is 3.10. The molecule has 1 atom stereocenters. The fraction of sp³-hybridized carbons (Fsp3) is 0.500. The molecule has 0 radical (unpaired) electrons. The molecule has 1 aliphatic carbocycles. The zero-order chi connectivity index (χ0) is 13.0. The van der Waals surface area contributed by atoms with E-state index in [4.69, 9.17) is 0 Å². The molecular formula is C14H19FN2O. The zero-order valence-electron chi connectivity index (χ0n) is 10.6. The summed E-state index contributed by atoms with van der Waals surface area (Å²) in [6, 6.07) is 6.27. The first-order valence-corrected chi connectivity index (χ1v) is 6.42. The largest absolute Gasteiger partial charge is 0.325 e. The number of carbonyl (C=O) groups is 1. The van der Waals surface area contributed by atoms with Crippen molar-refractivity contribution in [3.05, 3.63) is 30.1 Å². The van der Waals surface area contributed by atoms with Crippen LogP contribution in [0.15, 0.2) is 24.3 Å². The lowest BCUT2D eigenvalue weighted by Crippen LogP contribution is -2.34. The molecule has 4 heteroatoms. The molecular weight excluding hydrogens is 231 g/mol. The highest BCUT2D eigenvalue weighted by Gasteiger charge is 2.23. The molecule has 2 rings (SSSR count). The Morgan fingerprint density at radius 1 is 1.50 bits per heavy atom. The Morgan fingerprint density at radius 2 is 2.28 bits per heavy atom. The minimum absolute atomic E-state index is 0.136. The Morgan fingerprint density at radius 3 is 2.94 bits per heavy atom. The van der Waals surface area contributed by atoms with E-state index in [1.165, 1.54) is 25.0 Å². The molecule has 0 saturated heterocycles. The van der Waals surface area contributed by atoms with Crippen molar-refractivity contribution in [1.29, 1.82) is 0 Å². The van der Waals surface area contributed by atoms with E-state index in [1.807, 2.05) is 0 Å². The molecule has 18 heavy (non-hydrogen) atoms. The minimum Gasteiger partial charge on any atom is -0.325 e. The molecule has 1 unspecified atom stereocenters. The second-order valence-electron chi connectivity index (χ2n) is 5.02. The maximum Gasteiger partial charge on any atom is 0.238 e. The maximum atomic E-state index is 12.9. The number of amides is 1. The highest BCUT2D eigenvalue weighted by Crippen LogP contribution is 2.33. The topological polar surface area (TPSA) is 41.1 Å². The summed E-state index contributed by atoms with van der Waals surface area (Å²) in [5, 5.41) is 5.85. The van der Waals surface area contributed by atoms with Gasteiger partial charge in [0.25, 0.3) is 0 Å². The summed E-state index contributed by atoms with van der Waals surface area (Å²) in [4.78, 5) is 11.6. The van der Waals surface area contributed by atoms with Gasteiger partial charge in [0.05, 0.1) is 6.54 Å². The minimum atomic E-state index is -0.345. The Balaban J connectivity index is 1.71. The summed E-state index contributed by atoms with van der Waals surface area (Å²) in [5.74, 6) is 0.366. The number of halogens is 1. The molecule has 3 nitrogen and oxygen atoms in total. The number of carbonyl (C=O) groups excluding carboxylic acids is 1. The van der Waals surface area contributed by atoms with Gasteiger partial charge in [-0.05, 0) is 37.5 Å². The predicted octanol–water partition coefficient (Wildman–Crippen LogP) is 2.54. The fourth-order valence-electron chi connectivity index (χ4n) is 1.98. The molecule has 98 valence electrons. The van der Waals surface area contributed by atoms with E-state index in [0.717, 1.165) is 12.3 Å². The average molecular weight is 250 g/mol. The highest BCUT2D eigenvalue weighted by atomic mass is 19.1. The number of hydrogen-bond donors (Lipinski definition) is 2. The number of hydrogen-bond acceptors (Lipinski definition) is 2. The molecule has 1 amide bonds. The Bertz CT molecular complexity index is 418.